The first-order chi connectivity index (χ1) is 8.28. The van der Waals surface area contributed by atoms with Gasteiger partial charge in [-0.25, -0.2) is 0 Å². The maximum Gasteiger partial charge on any atom is 0.0681 e. The van der Waals surface area contributed by atoms with Crippen molar-refractivity contribution in [2.45, 2.75) is 17.3 Å². The van der Waals surface area contributed by atoms with Crippen LogP contribution < -0.4 is 0 Å². The number of hydrogen-bond acceptors (Lipinski definition) is 2. The Bertz CT molecular complexity index is 465. The van der Waals surface area contributed by atoms with Crippen molar-refractivity contribution in [3.63, 3.8) is 0 Å². The molecule has 17 heavy (non-hydrogen) atoms. The van der Waals surface area contributed by atoms with Gasteiger partial charge in [0.1, 0.15) is 0 Å². The quantitative estimate of drug-likeness (QED) is 0.838. The van der Waals surface area contributed by atoms with Crippen molar-refractivity contribution in [2.24, 2.45) is 0 Å². The molecule has 0 aromatic heterocycles. The summed E-state index contributed by atoms with van der Waals surface area (Å²) in [5.41, 5.74) is 2.20. The van der Waals surface area contributed by atoms with Gasteiger partial charge in [0.15, 0.2) is 0 Å². The second-order valence-electron chi connectivity index (χ2n) is 3.72. The first kappa shape index (κ1) is 12.5. The molecule has 0 aliphatic carbocycles. The monoisotopic (exact) mass is 264 g/mol. The third kappa shape index (κ3) is 3.77. The molecule has 0 saturated carbocycles. The van der Waals surface area contributed by atoms with Gasteiger partial charge in [-0.2, -0.15) is 0 Å². The fraction of sp³-hybridized carbons (Fsp3) is 0.143. The van der Waals surface area contributed by atoms with Crippen LogP contribution in [-0.2, 0) is 12.4 Å². The molecule has 0 aliphatic heterocycles. The molecule has 0 aliphatic rings. The van der Waals surface area contributed by atoms with Crippen molar-refractivity contribution in [1.82, 2.24) is 0 Å². The molecule has 0 unspecified atom stereocenters. The van der Waals surface area contributed by atoms with E-state index in [2.05, 4.69) is 0 Å². The lowest BCUT2D eigenvalue weighted by molar-refractivity contribution is 0.282. The molecule has 0 radical (unpaired) electrons. The van der Waals surface area contributed by atoms with Gasteiger partial charge >= 0.3 is 0 Å². The molecule has 0 heterocycles. The van der Waals surface area contributed by atoms with Gasteiger partial charge in [-0.15, -0.1) is 11.8 Å². The summed E-state index contributed by atoms with van der Waals surface area (Å²) in [5.74, 6) is 0.926. The highest BCUT2D eigenvalue weighted by molar-refractivity contribution is 7.98. The molecule has 0 bridgehead atoms. The van der Waals surface area contributed by atoms with Crippen molar-refractivity contribution in [1.29, 1.82) is 0 Å². The zero-order chi connectivity index (χ0) is 12.1. The Balaban J connectivity index is 1.95. The van der Waals surface area contributed by atoms with Crippen molar-refractivity contribution in [2.75, 3.05) is 0 Å². The van der Waals surface area contributed by atoms with E-state index in [0.29, 0.717) is 0 Å². The summed E-state index contributed by atoms with van der Waals surface area (Å²) in [5, 5.41) is 9.71. The predicted octanol–water partition coefficient (Wildman–Crippen LogP) is 4.12. The summed E-state index contributed by atoms with van der Waals surface area (Å²) in [6.07, 6.45) is 0. The van der Waals surface area contributed by atoms with Crippen molar-refractivity contribution >= 4 is 23.4 Å². The number of hydrogen-bond donors (Lipinski definition) is 1. The van der Waals surface area contributed by atoms with Crippen LogP contribution in [0.2, 0.25) is 5.02 Å². The number of rotatable bonds is 4. The van der Waals surface area contributed by atoms with Gasteiger partial charge in [-0.05, 0) is 35.4 Å². The Morgan fingerprint density at radius 2 is 1.47 bits per heavy atom. The Morgan fingerprint density at radius 3 is 2.06 bits per heavy atom. The molecular weight excluding hydrogens is 252 g/mol. The molecular formula is C14H13ClOS. The van der Waals surface area contributed by atoms with Crippen LogP contribution in [0, 0.1) is 0 Å². The van der Waals surface area contributed by atoms with Gasteiger partial charge in [0.2, 0.25) is 0 Å². The Labute approximate surface area is 110 Å². The lowest BCUT2D eigenvalue weighted by Crippen LogP contribution is -1.83. The average Bonchev–Trinajstić information content (AvgIpc) is 2.39. The van der Waals surface area contributed by atoms with Crippen LogP contribution in [-0.4, -0.2) is 5.11 Å². The van der Waals surface area contributed by atoms with Crippen LogP contribution in [0.15, 0.2) is 53.4 Å². The van der Waals surface area contributed by atoms with Crippen LogP contribution in [0.25, 0.3) is 0 Å². The van der Waals surface area contributed by atoms with Gasteiger partial charge in [0.25, 0.3) is 0 Å². The molecule has 2 aromatic carbocycles. The zero-order valence-electron chi connectivity index (χ0n) is 9.27. The number of aliphatic hydroxyl groups excluding tert-OH is 1. The summed E-state index contributed by atoms with van der Waals surface area (Å²) >= 11 is 7.61. The standard InChI is InChI=1S/C14H13ClOS/c15-13-5-1-12(2-6-13)10-17-14-7-3-11(9-16)4-8-14/h1-8,16H,9-10H2. The van der Waals surface area contributed by atoms with Crippen molar-refractivity contribution in [3.8, 4) is 0 Å². The lowest BCUT2D eigenvalue weighted by atomic mass is 10.2. The molecule has 2 rings (SSSR count). The number of halogens is 1. The Kier molecular flexibility index (Phi) is 4.49. The van der Waals surface area contributed by atoms with Crippen molar-refractivity contribution in [3.05, 3.63) is 64.7 Å². The SMILES string of the molecule is OCc1ccc(SCc2ccc(Cl)cc2)cc1. The summed E-state index contributed by atoms with van der Waals surface area (Å²) in [6.45, 7) is 0.0993. The first-order valence-electron chi connectivity index (χ1n) is 5.35. The van der Waals surface area contributed by atoms with Gasteiger partial charge < -0.3 is 5.11 Å². The second kappa shape index (κ2) is 6.10. The van der Waals surface area contributed by atoms with E-state index in [1.54, 1.807) is 11.8 Å². The number of thioether (sulfide) groups is 1. The maximum absolute atomic E-state index is 8.94. The first-order valence-corrected chi connectivity index (χ1v) is 6.71. The molecule has 0 amide bonds. The van der Waals surface area contributed by atoms with E-state index < -0.39 is 0 Å². The minimum atomic E-state index is 0.0993. The topological polar surface area (TPSA) is 20.2 Å². The van der Waals surface area contributed by atoms with E-state index in [9.17, 15) is 0 Å². The highest BCUT2D eigenvalue weighted by Crippen LogP contribution is 2.23. The minimum absolute atomic E-state index is 0.0993. The molecule has 0 spiro atoms. The van der Waals surface area contributed by atoms with E-state index >= 15 is 0 Å². The number of aliphatic hydroxyl groups is 1. The smallest absolute Gasteiger partial charge is 0.0681 e. The van der Waals surface area contributed by atoms with Crippen LogP contribution in [0.3, 0.4) is 0 Å². The van der Waals surface area contributed by atoms with Crippen LogP contribution in [0.4, 0.5) is 0 Å². The third-order valence-corrected chi connectivity index (χ3v) is 3.76. The van der Waals surface area contributed by atoms with E-state index in [1.165, 1.54) is 10.5 Å². The largest absolute Gasteiger partial charge is 0.392 e. The Morgan fingerprint density at radius 1 is 0.882 bits per heavy atom. The van der Waals surface area contributed by atoms with Gasteiger partial charge in [-0.1, -0.05) is 35.9 Å². The van der Waals surface area contributed by atoms with E-state index in [1.807, 2.05) is 48.5 Å². The van der Waals surface area contributed by atoms with Gasteiger partial charge in [0.05, 0.1) is 6.61 Å². The molecule has 0 saturated heterocycles. The highest BCUT2D eigenvalue weighted by Gasteiger charge is 1.97. The van der Waals surface area contributed by atoms with E-state index in [0.717, 1.165) is 16.3 Å². The minimum Gasteiger partial charge on any atom is -0.392 e. The summed E-state index contributed by atoms with van der Waals surface area (Å²) in [6, 6.07) is 15.9. The average molecular weight is 265 g/mol. The molecule has 1 nitrogen and oxygen atoms in total. The van der Waals surface area contributed by atoms with E-state index in [4.69, 9.17) is 16.7 Å². The van der Waals surface area contributed by atoms with Crippen LogP contribution in [0.5, 0.6) is 0 Å². The van der Waals surface area contributed by atoms with E-state index in [-0.39, 0.29) is 6.61 Å². The fourth-order valence-electron chi connectivity index (χ4n) is 1.44. The second-order valence-corrected chi connectivity index (χ2v) is 5.20. The molecule has 1 N–H and O–H groups in total. The fourth-order valence-corrected chi connectivity index (χ4v) is 2.42. The molecule has 88 valence electrons. The summed E-state index contributed by atoms with van der Waals surface area (Å²) < 4.78 is 0. The lowest BCUT2D eigenvalue weighted by Gasteiger charge is -2.03. The summed E-state index contributed by atoms with van der Waals surface area (Å²) in [4.78, 5) is 1.21. The Hall–Kier alpha value is -0.960. The van der Waals surface area contributed by atoms with Gasteiger partial charge in [-0.3, -0.25) is 0 Å². The molecule has 0 fully saturated rings. The molecule has 2 aromatic rings. The highest BCUT2D eigenvalue weighted by atomic mass is 35.5. The van der Waals surface area contributed by atoms with Crippen LogP contribution >= 0.6 is 23.4 Å². The van der Waals surface area contributed by atoms with Crippen LogP contribution in [0.1, 0.15) is 11.1 Å². The third-order valence-electron chi connectivity index (χ3n) is 2.42. The maximum atomic E-state index is 8.94. The van der Waals surface area contributed by atoms with Crippen molar-refractivity contribution < 1.29 is 5.11 Å². The number of benzene rings is 2. The summed E-state index contributed by atoms with van der Waals surface area (Å²) in [7, 11) is 0. The zero-order valence-corrected chi connectivity index (χ0v) is 10.8. The molecule has 3 heteroatoms. The molecule has 0 atom stereocenters. The van der Waals surface area contributed by atoms with Gasteiger partial charge in [0, 0.05) is 15.7 Å². The predicted molar refractivity (Wildman–Crippen MR) is 73.4 cm³/mol. The normalized spacial score (nSPS) is 10.5.